The van der Waals surface area contributed by atoms with Gasteiger partial charge in [0, 0.05) is 30.2 Å². The molecule has 0 heterocycles. The van der Waals surface area contributed by atoms with Gasteiger partial charge in [-0.25, -0.2) is 0 Å². The van der Waals surface area contributed by atoms with Crippen molar-refractivity contribution < 1.29 is 9.59 Å². The highest BCUT2D eigenvalue weighted by atomic mass is 32.2. The highest BCUT2D eigenvalue weighted by Crippen LogP contribution is 2.20. The number of thioether (sulfide) groups is 1. The molecule has 29 heavy (non-hydrogen) atoms. The Morgan fingerprint density at radius 3 is 2.34 bits per heavy atom. The van der Waals surface area contributed by atoms with Crippen LogP contribution in [0.3, 0.4) is 0 Å². The Morgan fingerprint density at radius 2 is 1.72 bits per heavy atom. The van der Waals surface area contributed by atoms with E-state index in [-0.39, 0.29) is 11.8 Å². The van der Waals surface area contributed by atoms with Crippen LogP contribution < -0.4 is 5.32 Å². The van der Waals surface area contributed by atoms with E-state index >= 15 is 0 Å². The summed E-state index contributed by atoms with van der Waals surface area (Å²) in [6, 6.07) is 18.0. The number of aryl methyl sites for hydroxylation is 1. The van der Waals surface area contributed by atoms with Gasteiger partial charge in [-0.2, -0.15) is 0 Å². The number of likely N-dealkylation sites (N-methyl/N-ethyl adjacent to an activating group) is 1. The van der Waals surface area contributed by atoms with E-state index in [0.29, 0.717) is 31.7 Å². The van der Waals surface area contributed by atoms with Crippen molar-refractivity contribution in [3.8, 4) is 0 Å². The minimum Gasteiger partial charge on any atom is -0.355 e. The molecule has 2 rings (SSSR count). The Labute approximate surface area is 179 Å². The molecular formula is C24H32N2O2S. The Kier molecular flexibility index (Phi) is 9.78. The van der Waals surface area contributed by atoms with E-state index in [4.69, 9.17) is 0 Å². The van der Waals surface area contributed by atoms with Gasteiger partial charge in [0.2, 0.25) is 11.8 Å². The third kappa shape index (κ3) is 7.58. The first-order chi connectivity index (χ1) is 14.0. The lowest BCUT2D eigenvalue weighted by Gasteiger charge is -2.30. The molecule has 0 saturated carbocycles. The van der Waals surface area contributed by atoms with Crippen LogP contribution in [0.4, 0.5) is 0 Å². The first-order valence-corrected chi connectivity index (χ1v) is 11.3. The van der Waals surface area contributed by atoms with Crippen LogP contribution in [0.2, 0.25) is 0 Å². The third-order valence-electron chi connectivity index (χ3n) is 4.83. The molecule has 0 aliphatic rings. The number of hydrogen-bond acceptors (Lipinski definition) is 3. The minimum atomic E-state index is -0.421. The molecule has 0 fully saturated rings. The quantitative estimate of drug-likeness (QED) is 0.554. The molecule has 0 unspecified atom stereocenters. The van der Waals surface area contributed by atoms with Crippen molar-refractivity contribution in [2.45, 2.75) is 51.0 Å². The van der Waals surface area contributed by atoms with Gasteiger partial charge in [-0.05, 0) is 44.4 Å². The number of amides is 2. The highest BCUT2D eigenvalue weighted by molar-refractivity contribution is 7.99. The second-order valence-electron chi connectivity index (χ2n) is 7.05. The van der Waals surface area contributed by atoms with Gasteiger partial charge in [0.25, 0.3) is 0 Å². The zero-order valence-electron chi connectivity index (χ0n) is 17.7. The molecule has 2 aromatic rings. The second kappa shape index (κ2) is 12.3. The fraction of sp³-hybridized carbons (Fsp3) is 0.417. The lowest BCUT2D eigenvalue weighted by Crippen LogP contribution is -2.50. The van der Waals surface area contributed by atoms with Crippen molar-refractivity contribution in [1.82, 2.24) is 10.2 Å². The Bertz CT molecular complexity index is 762. The zero-order valence-corrected chi connectivity index (χ0v) is 18.5. The molecule has 0 aromatic heterocycles. The molecule has 1 N–H and O–H groups in total. The number of nitrogens with zero attached hydrogens (tertiary/aromatic N) is 1. The minimum absolute atomic E-state index is 0.0404. The van der Waals surface area contributed by atoms with Crippen LogP contribution in [0, 0.1) is 6.92 Å². The summed E-state index contributed by atoms with van der Waals surface area (Å²) < 4.78 is 0. The van der Waals surface area contributed by atoms with Crippen molar-refractivity contribution in [2.75, 3.05) is 18.8 Å². The fourth-order valence-corrected chi connectivity index (χ4v) is 4.06. The highest BCUT2D eigenvalue weighted by Gasteiger charge is 2.27. The average Bonchev–Trinajstić information content (AvgIpc) is 2.73. The topological polar surface area (TPSA) is 49.4 Å². The van der Waals surface area contributed by atoms with E-state index in [2.05, 4.69) is 48.6 Å². The summed E-state index contributed by atoms with van der Waals surface area (Å²) in [5, 5.41) is 2.88. The summed E-state index contributed by atoms with van der Waals surface area (Å²) in [6.45, 7) is 7.05. The summed E-state index contributed by atoms with van der Waals surface area (Å²) >= 11 is 1.68. The molecule has 2 amide bonds. The summed E-state index contributed by atoms with van der Waals surface area (Å²) in [6.07, 6.45) is 1.77. The number of hydrogen-bond donors (Lipinski definition) is 1. The van der Waals surface area contributed by atoms with Crippen LogP contribution in [0.15, 0.2) is 59.5 Å². The number of carbonyl (C=O) groups is 2. The first-order valence-electron chi connectivity index (χ1n) is 10.4. The molecule has 0 saturated heterocycles. The third-order valence-corrected chi connectivity index (χ3v) is 5.84. The van der Waals surface area contributed by atoms with Crippen molar-refractivity contribution in [2.24, 2.45) is 0 Å². The van der Waals surface area contributed by atoms with Gasteiger partial charge in [-0.3, -0.25) is 9.59 Å². The van der Waals surface area contributed by atoms with Gasteiger partial charge in [0.1, 0.15) is 6.04 Å². The predicted octanol–water partition coefficient (Wildman–Crippen LogP) is 4.46. The molecule has 2 aromatic carbocycles. The number of carbonyl (C=O) groups excluding carboxylic acids is 2. The molecule has 4 nitrogen and oxygen atoms in total. The molecular weight excluding hydrogens is 380 g/mol. The van der Waals surface area contributed by atoms with Crippen molar-refractivity contribution in [1.29, 1.82) is 0 Å². The van der Waals surface area contributed by atoms with Crippen LogP contribution in [0.25, 0.3) is 0 Å². The van der Waals surface area contributed by atoms with Gasteiger partial charge in [0.05, 0.1) is 0 Å². The molecule has 0 aliphatic heterocycles. The lowest BCUT2D eigenvalue weighted by molar-refractivity contribution is -0.140. The van der Waals surface area contributed by atoms with Crippen LogP contribution in [0.5, 0.6) is 0 Å². The van der Waals surface area contributed by atoms with Gasteiger partial charge in [-0.1, -0.05) is 55.0 Å². The summed E-state index contributed by atoms with van der Waals surface area (Å²) in [4.78, 5) is 28.5. The maximum Gasteiger partial charge on any atom is 0.242 e. The van der Waals surface area contributed by atoms with E-state index in [0.717, 1.165) is 11.3 Å². The maximum absolute atomic E-state index is 13.1. The number of nitrogens with one attached hydrogen (secondary N) is 1. The Hall–Kier alpha value is -2.27. The molecule has 0 bridgehead atoms. The van der Waals surface area contributed by atoms with Crippen molar-refractivity contribution in [3.63, 3.8) is 0 Å². The van der Waals surface area contributed by atoms with Crippen LogP contribution >= 0.6 is 11.8 Å². The molecule has 156 valence electrons. The zero-order chi connectivity index (χ0) is 21.1. The normalized spacial score (nSPS) is 11.7. The summed E-state index contributed by atoms with van der Waals surface area (Å²) in [5.41, 5.74) is 2.40. The van der Waals surface area contributed by atoms with E-state index < -0.39 is 6.04 Å². The predicted molar refractivity (Wildman–Crippen MR) is 121 cm³/mol. The molecule has 0 spiro atoms. The van der Waals surface area contributed by atoms with Crippen LogP contribution in [-0.2, 0) is 16.0 Å². The Morgan fingerprint density at radius 1 is 1.03 bits per heavy atom. The van der Waals surface area contributed by atoms with E-state index in [1.807, 2.05) is 32.0 Å². The maximum atomic E-state index is 13.1. The second-order valence-corrected chi connectivity index (χ2v) is 8.22. The smallest absolute Gasteiger partial charge is 0.242 e. The summed E-state index contributed by atoms with van der Waals surface area (Å²) in [7, 11) is 0. The molecule has 0 aliphatic carbocycles. The van der Waals surface area contributed by atoms with E-state index in [1.165, 1.54) is 11.1 Å². The molecule has 5 heteroatoms. The van der Waals surface area contributed by atoms with Crippen molar-refractivity contribution in [3.05, 3.63) is 65.7 Å². The number of rotatable bonds is 11. The fourth-order valence-electron chi connectivity index (χ4n) is 3.22. The summed E-state index contributed by atoms with van der Waals surface area (Å²) in [5.74, 6) is 0.677. The molecule has 0 radical (unpaired) electrons. The van der Waals surface area contributed by atoms with Gasteiger partial charge in [0.15, 0.2) is 0 Å². The van der Waals surface area contributed by atoms with E-state index in [1.54, 1.807) is 16.7 Å². The van der Waals surface area contributed by atoms with Gasteiger partial charge in [-0.15, -0.1) is 11.8 Å². The Balaban J connectivity index is 2.02. The van der Waals surface area contributed by atoms with Crippen LogP contribution in [0.1, 0.15) is 37.8 Å². The average molecular weight is 413 g/mol. The standard InChI is InChI=1S/C24H32N2O2S/c1-4-22(24(28)25-5-2)26(17-15-20-9-7-6-8-10-20)23(27)16-18-29-21-13-11-19(3)12-14-21/h6-14,22H,4-5,15-18H2,1-3H3,(H,25,28)/t22-/m1/s1. The lowest BCUT2D eigenvalue weighted by atomic mass is 10.1. The largest absolute Gasteiger partial charge is 0.355 e. The first kappa shape index (κ1) is 23.0. The number of benzene rings is 2. The van der Waals surface area contributed by atoms with Gasteiger partial charge < -0.3 is 10.2 Å². The van der Waals surface area contributed by atoms with Crippen molar-refractivity contribution >= 4 is 23.6 Å². The van der Waals surface area contributed by atoms with Crippen LogP contribution in [-0.4, -0.2) is 41.6 Å². The molecule has 1 atom stereocenters. The monoisotopic (exact) mass is 412 g/mol. The van der Waals surface area contributed by atoms with Gasteiger partial charge >= 0.3 is 0 Å². The van der Waals surface area contributed by atoms with E-state index in [9.17, 15) is 9.59 Å². The SMILES string of the molecule is CCNC(=O)[C@@H](CC)N(CCc1ccccc1)C(=O)CCSc1ccc(C)cc1.